The van der Waals surface area contributed by atoms with Crippen LogP contribution in [-0.2, 0) is 0 Å². The maximum Gasteiger partial charge on any atom is 0.0547 e. The molecule has 0 bridgehead atoms. The third-order valence-electron chi connectivity index (χ3n) is 8.94. The van der Waals surface area contributed by atoms with Gasteiger partial charge in [-0.3, -0.25) is 0 Å². The van der Waals surface area contributed by atoms with E-state index in [2.05, 4.69) is 207 Å². The van der Waals surface area contributed by atoms with Crippen LogP contribution in [0.4, 0.5) is 34.1 Å². The van der Waals surface area contributed by atoms with E-state index >= 15 is 0 Å². The van der Waals surface area contributed by atoms with E-state index in [4.69, 9.17) is 0 Å². The summed E-state index contributed by atoms with van der Waals surface area (Å²) in [6.45, 7) is 8.57. The Morgan fingerprint density at radius 1 is 0.271 bits per heavy atom. The van der Waals surface area contributed by atoms with Crippen molar-refractivity contribution >= 4 is 34.1 Å². The van der Waals surface area contributed by atoms with Gasteiger partial charge in [0.1, 0.15) is 0 Å². The molecule has 0 aromatic heterocycles. The molecular formula is C46H40N2. The molecule has 0 saturated carbocycles. The molecule has 0 amide bonds. The first-order valence-electron chi connectivity index (χ1n) is 16.6. The van der Waals surface area contributed by atoms with Crippen LogP contribution >= 0.6 is 0 Å². The summed E-state index contributed by atoms with van der Waals surface area (Å²) in [5.74, 6) is 0. The molecule has 0 aliphatic rings. The summed E-state index contributed by atoms with van der Waals surface area (Å²) in [4.78, 5) is 4.80. The van der Waals surface area contributed by atoms with E-state index < -0.39 is 0 Å². The molecule has 48 heavy (non-hydrogen) atoms. The highest BCUT2D eigenvalue weighted by Gasteiger charge is 2.26. The fourth-order valence-electron chi connectivity index (χ4n) is 6.38. The minimum Gasteiger partial charge on any atom is -0.310 e. The Balaban J connectivity index is 1.60. The van der Waals surface area contributed by atoms with E-state index in [1.54, 1.807) is 0 Å². The lowest BCUT2D eigenvalue weighted by molar-refractivity contribution is 1.24. The first kappa shape index (κ1) is 30.8. The Kier molecular flexibility index (Phi) is 8.64. The number of hydrogen-bond acceptors (Lipinski definition) is 2. The molecule has 0 radical (unpaired) electrons. The van der Waals surface area contributed by atoms with E-state index in [0.717, 1.165) is 45.3 Å². The van der Waals surface area contributed by atoms with Crippen molar-refractivity contribution in [3.05, 3.63) is 192 Å². The molecule has 0 fully saturated rings. The zero-order valence-electron chi connectivity index (χ0n) is 28.1. The van der Waals surface area contributed by atoms with Crippen LogP contribution in [-0.4, -0.2) is 0 Å². The lowest BCUT2D eigenvalue weighted by Crippen LogP contribution is -2.15. The quantitative estimate of drug-likeness (QED) is 0.167. The second-order valence-corrected chi connectivity index (χ2v) is 12.6. The molecular weight excluding hydrogens is 581 g/mol. The average Bonchev–Trinajstić information content (AvgIpc) is 3.12. The fraction of sp³-hybridized carbons (Fsp3) is 0.0870. The molecule has 7 aromatic rings. The van der Waals surface area contributed by atoms with E-state index in [-0.39, 0.29) is 0 Å². The van der Waals surface area contributed by atoms with Crippen molar-refractivity contribution in [2.45, 2.75) is 27.7 Å². The molecule has 0 unspecified atom stereocenters. The fourth-order valence-corrected chi connectivity index (χ4v) is 6.38. The lowest BCUT2D eigenvalue weighted by atomic mass is 9.89. The van der Waals surface area contributed by atoms with Crippen LogP contribution in [0.5, 0.6) is 0 Å². The summed E-state index contributed by atoms with van der Waals surface area (Å²) < 4.78 is 0. The first-order chi connectivity index (χ1) is 23.5. The standard InChI is InChI=1S/C46H40N2/c1-33-15-23-39(24-16-33)47(40-25-17-34(2)18-26-40)43-31-32-44(46(38-13-9-6-10-14-38)45(43)37-11-7-5-8-12-37)48(41-27-19-35(3)20-28-41)42-29-21-36(4)22-30-42/h5-32H,1-4H3. The van der Waals surface area contributed by atoms with Gasteiger partial charge < -0.3 is 9.80 Å². The maximum absolute atomic E-state index is 2.40. The smallest absolute Gasteiger partial charge is 0.0547 e. The van der Waals surface area contributed by atoms with Gasteiger partial charge in [0, 0.05) is 33.9 Å². The van der Waals surface area contributed by atoms with E-state index in [1.807, 2.05) is 0 Å². The zero-order chi connectivity index (χ0) is 33.0. The van der Waals surface area contributed by atoms with E-state index in [9.17, 15) is 0 Å². The summed E-state index contributed by atoms with van der Waals surface area (Å²) >= 11 is 0. The average molecular weight is 621 g/mol. The number of benzene rings is 7. The second kappa shape index (κ2) is 13.5. The third kappa shape index (κ3) is 6.26. The van der Waals surface area contributed by atoms with Gasteiger partial charge >= 0.3 is 0 Å². The summed E-state index contributed by atoms with van der Waals surface area (Å²) in [5, 5.41) is 0. The van der Waals surface area contributed by atoms with Gasteiger partial charge in [-0.15, -0.1) is 0 Å². The molecule has 0 aliphatic heterocycles. The third-order valence-corrected chi connectivity index (χ3v) is 8.94. The SMILES string of the molecule is Cc1ccc(N(c2ccc(C)cc2)c2ccc(N(c3ccc(C)cc3)c3ccc(C)cc3)c(-c3ccccc3)c2-c2ccccc2)cc1. The highest BCUT2D eigenvalue weighted by atomic mass is 15.2. The zero-order valence-corrected chi connectivity index (χ0v) is 28.1. The number of nitrogens with zero attached hydrogens (tertiary/aromatic N) is 2. The first-order valence-corrected chi connectivity index (χ1v) is 16.6. The molecule has 0 atom stereocenters. The molecule has 0 saturated heterocycles. The van der Waals surface area contributed by atoms with Crippen LogP contribution < -0.4 is 9.80 Å². The van der Waals surface area contributed by atoms with Crippen molar-refractivity contribution in [3.63, 3.8) is 0 Å². The number of aryl methyl sites for hydroxylation is 4. The van der Waals surface area contributed by atoms with Crippen molar-refractivity contribution in [1.29, 1.82) is 0 Å². The van der Waals surface area contributed by atoms with Gasteiger partial charge in [-0.2, -0.15) is 0 Å². The number of rotatable bonds is 8. The summed E-state index contributed by atoms with van der Waals surface area (Å²) in [5.41, 5.74) is 16.3. The Morgan fingerprint density at radius 2 is 0.521 bits per heavy atom. The van der Waals surface area contributed by atoms with Gasteiger partial charge in [-0.05, 0) is 99.5 Å². The summed E-state index contributed by atoms with van der Waals surface area (Å²) in [6, 6.07) is 61.7. The van der Waals surface area contributed by atoms with E-state index in [1.165, 1.54) is 33.4 Å². The van der Waals surface area contributed by atoms with Crippen molar-refractivity contribution in [2.24, 2.45) is 0 Å². The minimum absolute atomic E-state index is 1.11. The highest BCUT2D eigenvalue weighted by molar-refractivity contribution is 6.04. The summed E-state index contributed by atoms with van der Waals surface area (Å²) in [6.07, 6.45) is 0. The molecule has 7 rings (SSSR count). The van der Waals surface area contributed by atoms with Gasteiger partial charge in [0.2, 0.25) is 0 Å². The monoisotopic (exact) mass is 620 g/mol. The van der Waals surface area contributed by atoms with Crippen LogP contribution in [0.25, 0.3) is 22.3 Å². The molecule has 0 aliphatic carbocycles. The van der Waals surface area contributed by atoms with Crippen molar-refractivity contribution in [2.75, 3.05) is 9.80 Å². The Morgan fingerprint density at radius 3 is 0.771 bits per heavy atom. The van der Waals surface area contributed by atoms with Gasteiger partial charge in [0.05, 0.1) is 11.4 Å². The maximum atomic E-state index is 2.40. The predicted molar refractivity (Wildman–Crippen MR) is 206 cm³/mol. The van der Waals surface area contributed by atoms with Crippen LogP contribution in [0.1, 0.15) is 22.3 Å². The van der Waals surface area contributed by atoms with Crippen molar-refractivity contribution < 1.29 is 0 Å². The molecule has 0 spiro atoms. The van der Waals surface area contributed by atoms with Crippen LogP contribution in [0.15, 0.2) is 170 Å². The van der Waals surface area contributed by atoms with Gasteiger partial charge in [-0.1, -0.05) is 131 Å². The number of anilines is 6. The Labute approximate surface area is 285 Å². The van der Waals surface area contributed by atoms with Crippen LogP contribution in [0.2, 0.25) is 0 Å². The Bertz CT molecular complexity index is 1870. The molecule has 7 aromatic carbocycles. The normalized spacial score (nSPS) is 10.9. The van der Waals surface area contributed by atoms with Crippen molar-refractivity contribution in [3.8, 4) is 22.3 Å². The molecule has 0 heterocycles. The predicted octanol–water partition coefficient (Wildman–Crippen LogP) is 13.2. The molecule has 234 valence electrons. The second-order valence-electron chi connectivity index (χ2n) is 12.6. The molecule has 2 heteroatoms. The van der Waals surface area contributed by atoms with Crippen molar-refractivity contribution in [1.82, 2.24) is 0 Å². The molecule has 2 nitrogen and oxygen atoms in total. The van der Waals surface area contributed by atoms with Gasteiger partial charge in [0.25, 0.3) is 0 Å². The Hall–Kier alpha value is -5.86. The van der Waals surface area contributed by atoms with Gasteiger partial charge in [-0.25, -0.2) is 0 Å². The highest BCUT2D eigenvalue weighted by Crippen LogP contribution is 2.51. The number of hydrogen-bond donors (Lipinski definition) is 0. The van der Waals surface area contributed by atoms with Crippen LogP contribution in [0, 0.1) is 27.7 Å². The summed E-state index contributed by atoms with van der Waals surface area (Å²) in [7, 11) is 0. The van der Waals surface area contributed by atoms with Crippen LogP contribution in [0.3, 0.4) is 0 Å². The largest absolute Gasteiger partial charge is 0.310 e. The minimum atomic E-state index is 1.11. The topological polar surface area (TPSA) is 6.48 Å². The molecule has 0 N–H and O–H groups in total. The lowest BCUT2D eigenvalue weighted by Gasteiger charge is -2.33. The van der Waals surface area contributed by atoms with E-state index in [0.29, 0.717) is 0 Å². The van der Waals surface area contributed by atoms with Gasteiger partial charge in [0.15, 0.2) is 0 Å².